The number of hydrogen-bond donors (Lipinski definition) is 1. The van der Waals surface area contributed by atoms with Crippen LogP contribution < -0.4 is 5.73 Å². The van der Waals surface area contributed by atoms with E-state index in [2.05, 4.69) is 4.90 Å². The molecule has 0 aliphatic heterocycles. The van der Waals surface area contributed by atoms with Gasteiger partial charge in [-0.15, -0.1) is 0 Å². The van der Waals surface area contributed by atoms with E-state index in [1.54, 1.807) is 0 Å². The highest BCUT2D eigenvalue weighted by Gasteiger charge is 2.11. The average molecular weight is 263 g/mol. The van der Waals surface area contributed by atoms with Crippen LogP contribution in [-0.4, -0.2) is 48.9 Å². The van der Waals surface area contributed by atoms with Crippen molar-refractivity contribution in [2.75, 3.05) is 39.0 Å². The summed E-state index contributed by atoms with van der Waals surface area (Å²) in [4.78, 5) is 15.9. The summed E-state index contributed by atoms with van der Waals surface area (Å²) in [6.07, 6.45) is 0.933. The van der Waals surface area contributed by atoms with Crippen LogP contribution in [-0.2, 0) is 11.2 Å². The zero-order valence-electron chi connectivity index (χ0n) is 12.2. The summed E-state index contributed by atoms with van der Waals surface area (Å²) in [5.41, 5.74) is 7.68. The van der Waals surface area contributed by atoms with Crippen LogP contribution in [0.2, 0.25) is 0 Å². The van der Waals surface area contributed by atoms with Crippen molar-refractivity contribution in [2.24, 2.45) is 0 Å². The number of nitrogens with zero attached hydrogens (tertiary/aromatic N) is 2. The number of benzene rings is 1. The van der Waals surface area contributed by atoms with E-state index in [-0.39, 0.29) is 5.91 Å². The summed E-state index contributed by atoms with van der Waals surface area (Å²) in [7, 11) is 1.98. The van der Waals surface area contributed by atoms with E-state index in [9.17, 15) is 4.79 Å². The number of anilines is 1. The second kappa shape index (κ2) is 7.79. The Kier molecular flexibility index (Phi) is 6.36. The van der Waals surface area contributed by atoms with Crippen molar-refractivity contribution < 1.29 is 4.79 Å². The largest absolute Gasteiger partial charge is 0.399 e. The topological polar surface area (TPSA) is 49.6 Å². The molecule has 1 amide bonds. The van der Waals surface area contributed by atoms with Crippen LogP contribution in [0.25, 0.3) is 0 Å². The first-order valence-electron chi connectivity index (χ1n) is 6.87. The first-order valence-corrected chi connectivity index (χ1v) is 6.87. The second-order valence-corrected chi connectivity index (χ2v) is 4.80. The van der Waals surface area contributed by atoms with Gasteiger partial charge in [-0.3, -0.25) is 9.69 Å². The van der Waals surface area contributed by atoms with Crippen molar-refractivity contribution in [3.63, 3.8) is 0 Å². The predicted octanol–water partition coefficient (Wildman–Crippen LogP) is 1.61. The lowest BCUT2D eigenvalue weighted by Gasteiger charge is -2.23. The van der Waals surface area contributed by atoms with Gasteiger partial charge in [-0.25, -0.2) is 0 Å². The molecule has 0 aliphatic carbocycles. The average Bonchev–Trinajstić information content (AvgIpc) is 2.39. The molecule has 1 aromatic rings. The molecule has 0 atom stereocenters. The van der Waals surface area contributed by atoms with E-state index >= 15 is 0 Å². The van der Waals surface area contributed by atoms with Gasteiger partial charge in [-0.05, 0) is 45.0 Å². The maximum Gasteiger partial charge on any atom is 0.236 e. The summed E-state index contributed by atoms with van der Waals surface area (Å²) in [5, 5.41) is 0. The molecule has 0 heterocycles. The molecule has 0 spiro atoms. The Hall–Kier alpha value is -1.55. The zero-order chi connectivity index (χ0) is 14.3. The summed E-state index contributed by atoms with van der Waals surface area (Å²) >= 11 is 0. The molecule has 19 heavy (non-hydrogen) atoms. The Morgan fingerprint density at radius 3 is 2.26 bits per heavy atom. The Morgan fingerprint density at radius 2 is 1.74 bits per heavy atom. The maximum atomic E-state index is 11.9. The van der Waals surface area contributed by atoms with Crippen LogP contribution in [0, 0.1) is 0 Å². The van der Waals surface area contributed by atoms with Gasteiger partial charge in [0.05, 0.1) is 6.54 Å². The number of likely N-dealkylation sites (N-methyl/N-ethyl adjacent to an activating group) is 2. The minimum atomic E-state index is 0.199. The number of nitrogens with two attached hydrogens (primary N) is 1. The summed E-state index contributed by atoms with van der Waals surface area (Å²) in [6.45, 7) is 6.93. The quantitative estimate of drug-likeness (QED) is 0.760. The van der Waals surface area contributed by atoms with Gasteiger partial charge in [0, 0.05) is 25.3 Å². The van der Waals surface area contributed by atoms with Crippen LogP contribution in [0.5, 0.6) is 0 Å². The fourth-order valence-corrected chi connectivity index (χ4v) is 1.99. The Balaban J connectivity index is 2.37. The molecule has 0 bridgehead atoms. The molecule has 0 saturated heterocycles. The zero-order valence-corrected chi connectivity index (χ0v) is 12.2. The van der Waals surface area contributed by atoms with Crippen molar-refractivity contribution in [1.82, 2.24) is 9.80 Å². The highest BCUT2D eigenvalue weighted by molar-refractivity contribution is 5.78. The van der Waals surface area contributed by atoms with Crippen molar-refractivity contribution in [1.29, 1.82) is 0 Å². The number of carbonyl (C=O) groups is 1. The fourth-order valence-electron chi connectivity index (χ4n) is 1.99. The summed E-state index contributed by atoms with van der Waals surface area (Å²) in [5.74, 6) is 0.199. The Bertz CT molecular complexity index is 385. The van der Waals surface area contributed by atoms with Crippen molar-refractivity contribution >= 4 is 11.6 Å². The Morgan fingerprint density at radius 1 is 1.16 bits per heavy atom. The lowest BCUT2D eigenvalue weighted by Crippen LogP contribution is -2.39. The van der Waals surface area contributed by atoms with E-state index < -0.39 is 0 Å². The molecule has 0 unspecified atom stereocenters. The van der Waals surface area contributed by atoms with Crippen molar-refractivity contribution in [3.05, 3.63) is 29.8 Å². The third-order valence-corrected chi connectivity index (χ3v) is 3.28. The van der Waals surface area contributed by atoms with Gasteiger partial charge >= 0.3 is 0 Å². The van der Waals surface area contributed by atoms with Crippen molar-refractivity contribution in [3.8, 4) is 0 Å². The van der Waals surface area contributed by atoms with Crippen LogP contribution >= 0.6 is 0 Å². The van der Waals surface area contributed by atoms with Gasteiger partial charge in [0.2, 0.25) is 5.91 Å². The van der Waals surface area contributed by atoms with E-state index in [1.165, 1.54) is 5.56 Å². The van der Waals surface area contributed by atoms with Crippen LogP contribution in [0.1, 0.15) is 19.4 Å². The smallest absolute Gasteiger partial charge is 0.236 e. The number of carbonyl (C=O) groups excluding carboxylic acids is 1. The van der Waals surface area contributed by atoms with Gasteiger partial charge in [0.15, 0.2) is 0 Å². The molecule has 0 saturated carbocycles. The molecule has 0 fully saturated rings. The lowest BCUT2D eigenvalue weighted by atomic mass is 10.1. The molecule has 2 N–H and O–H groups in total. The SMILES string of the molecule is CCN(CC)C(=O)CN(C)CCc1ccc(N)cc1. The number of nitrogen functional groups attached to an aromatic ring is 1. The molecular formula is C15H25N3O. The van der Waals surface area contributed by atoms with Gasteiger partial charge < -0.3 is 10.6 Å². The van der Waals surface area contributed by atoms with Gasteiger partial charge in [-0.1, -0.05) is 12.1 Å². The normalized spacial score (nSPS) is 10.7. The number of hydrogen-bond acceptors (Lipinski definition) is 3. The van der Waals surface area contributed by atoms with Crippen LogP contribution in [0.3, 0.4) is 0 Å². The van der Waals surface area contributed by atoms with Gasteiger partial charge in [-0.2, -0.15) is 0 Å². The minimum Gasteiger partial charge on any atom is -0.399 e. The summed E-state index contributed by atoms with van der Waals surface area (Å²) in [6, 6.07) is 7.90. The first kappa shape index (κ1) is 15.5. The van der Waals surface area contributed by atoms with E-state index in [0.717, 1.165) is 31.7 Å². The van der Waals surface area contributed by atoms with E-state index in [1.807, 2.05) is 50.1 Å². The van der Waals surface area contributed by atoms with Crippen molar-refractivity contribution in [2.45, 2.75) is 20.3 Å². The highest BCUT2D eigenvalue weighted by Crippen LogP contribution is 2.06. The second-order valence-electron chi connectivity index (χ2n) is 4.80. The molecular weight excluding hydrogens is 238 g/mol. The molecule has 1 rings (SSSR count). The Labute approximate surface area is 116 Å². The van der Waals surface area contributed by atoms with Gasteiger partial charge in [0.25, 0.3) is 0 Å². The van der Waals surface area contributed by atoms with E-state index in [0.29, 0.717) is 6.54 Å². The highest BCUT2D eigenvalue weighted by atomic mass is 16.2. The monoisotopic (exact) mass is 263 g/mol. The lowest BCUT2D eigenvalue weighted by molar-refractivity contribution is -0.131. The third-order valence-electron chi connectivity index (χ3n) is 3.28. The molecule has 1 aromatic carbocycles. The number of amides is 1. The standard InChI is InChI=1S/C15H25N3O/c1-4-18(5-2)15(19)12-17(3)11-10-13-6-8-14(16)9-7-13/h6-9H,4-5,10-12,16H2,1-3H3. The van der Waals surface area contributed by atoms with E-state index in [4.69, 9.17) is 5.73 Å². The molecule has 0 aliphatic rings. The number of rotatable bonds is 7. The maximum absolute atomic E-state index is 11.9. The molecule has 4 nitrogen and oxygen atoms in total. The molecule has 4 heteroatoms. The predicted molar refractivity (Wildman–Crippen MR) is 80.0 cm³/mol. The fraction of sp³-hybridized carbons (Fsp3) is 0.533. The first-order chi connectivity index (χ1) is 9.06. The molecule has 0 radical (unpaired) electrons. The third kappa shape index (κ3) is 5.30. The summed E-state index contributed by atoms with van der Waals surface area (Å²) < 4.78 is 0. The molecule has 106 valence electrons. The van der Waals surface area contributed by atoms with Crippen LogP contribution in [0.15, 0.2) is 24.3 Å². The molecule has 0 aromatic heterocycles. The van der Waals surface area contributed by atoms with Gasteiger partial charge in [0.1, 0.15) is 0 Å². The van der Waals surface area contributed by atoms with Crippen LogP contribution in [0.4, 0.5) is 5.69 Å². The minimum absolute atomic E-state index is 0.199.